The predicted molar refractivity (Wildman–Crippen MR) is 60.3 cm³/mol. The number of β-amino-alcohol motifs (C(OH)–C–C–N with tert-alkyl or cyclic N) is 1. The Balaban J connectivity index is 2.37. The van der Waals surface area contributed by atoms with Crippen molar-refractivity contribution in [1.29, 1.82) is 0 Å². The van der Waals surface area contributed by atoms with Gasteiger partial charge in [-0.2, -0.15) is 0 Å². The molecule has 1 aliphatic rings. The molecule has 1 aliphatic heterocycles. The molecule has 3 N–H and O–H groups in total. The molecule has 18 heavy (non-hydrogen) atoms. The number of amides is 1. The molecule has 1 amide bonds. The van der Waals surface area contributed by atoms with E-state index in [2.05, 4.69) is 5.32 Å². The number of carbonyl (C=O) groups excluding carboxylic acids is 1. The van der Waals surface area contributed by atoms with Gasteiger partial charge < -0.3 is 20.4 Å². The Morgan fingerprint density at radius 1 is 1.39 bits per heavy atom. The Labute approximate surface area is 102 Å². The monoisotopic (exact) mass is 258 g/mol. The molecule has 2 rings (SSSR count). The molecule has 0 fully saturated rings. The highest BCUT2D eigenvalue weighted by atomic mass is 19.2. The zero-order chi connectivity index (χ0) is 13.3. The van der Waals surface area contributed by atoms with Crippen LogP contribution in [0, 0.1) is 11.6 Å². The number of nitrogens with zero attached hydrogens (tertiary/aromatic N) is 1. The molecule has 7 heteroatoms. The lowest BCUT2D eigenvalue weighted by Gasteiger charge is -2.31. The van der Waals surface area contributed by atoms with Gasteiger partial charge in [0.2, 0.25) is 5.91 Å². The topological polar surface area (TPSA) is 72.8 Å². The fourth-order valence-corrected chi connectivity index (χ4v) is 1.77. The van der Waals surface area contributed by atoms with Gasteiger partial charge in [0.05, 0.1) is 37.2 Å². The number of carbonyl (C=O) groups is 1. The number of aliphatic hydroxyl groups is 2. The highest BCUT2D eigenvalue weighted by Crippen LogP contribution is 2.31. The SMILES string of the molecule is O=C1CNc2cc(F)c(F)cc2N1CC(O)CO. The number of nitrogens with one attached hydrogen (secondary N) is 1. The summed E-state index contributed by atoms with van der Waals surface area (Å²) in [7, 11) is 0. The van der Waals surface area contributed by atoms with E-state index in [0.29, 0.717) is 0 Å². The third-order valence-electron chi connectivity index (χ3n) is 2.66. The van der Waals surface area contributed by atoms with Crippen molar-refractivity contribution in [3.63, 3.8) is 0 Å². The van der Waals surface area contributed by atoms with Crippen LogP contribution in [0.1, 0.15) is 0 Å². The summed E-state index contributed by atoms with van der Waals surface area (Å²) >= 11 is 0. The van der Waals surface area contributed by atoms with Gasteiger partial charge in [0.1, 0.15) is 0 Å². The van der Waals surface area contributed by atoms with Crippen LogP contribution in [-0.4, -0.2) is 41.9 Å². The average molecular weight is 258 g/mol. The van der Waals surface area contributed by atoms with Crippen molar-refractivity contribution >= 4 is 17.3 Å². The van der Waals surface area contributed by atoms with E-state index in [1.807, 2.05) is 0 Å². The maximum absolute atomic E-state index is 13.2. The van der Waals surface area contributed by atoms with E-state index < -0.39 is 24.3 Å². The second kappa shape index (κ2) is 4.87. The van der Waals surface area contributed by atoms with Crippen molar-refractivity contribution in [1.82, 2.24) is 0 Å². The fourth-order valence-electron chi connectivity index (χ4n) is 1.77. The van der Waals surface area contributed by atoms with Crippen LogP contribution in [0.5, 0.6) is 0 Å². The second-order valence-electron chi connectivity index (χ2n) is 3.98. The number of anilines is 2. The largest absolute Gasteiger partial charge is 0.394 e. The molecule has 1 unspecified atom stereocenters. The normalized spacial score (nSPS) is 16.2. The number of hydrogen-bond donors (Lipinski definition) is 3. The number of aliphatic hydroxyl groups excluding tert-OH is 2. The van der Waals surface area contributed by atoms with Crippen LogP contribution in [0.25, 0.3) is 0 Å². The van der Waals surface area contributed by atoms with Crippen molar-refractivity contribution in [2.24, 2.45) is 0 Å². The van der Waals surface area contributed by atoms with Crippen LogP contribution in [0.15, 0.2) is 12.1 Å². The molecule has 0 bridgehead atoms. The summed E-state index contributed by atoms with van der Waals surface area (Å²) < 4.78 is 26.2. The van der Waals surface area contributed by atoms with Crippen LogP contribution in [-0.2, 0) is 4.79 Å². The van der Waals surface area contributed by atoms with Gasteiger partial charge in [0, 0.05) is 12.1 Å². The smallest absolute Gasteiger partial charge is 0.246 e. The minimum atomic E-state index is -1.13. The van der Waals surface area contributed by atoms with Crippen molar-refractivity contribution < 1.29 is 23.8 Å². The minimum Gasteiger partial charge on any atom is -0.394 e. The van der Waals surface area contributed by atoms with E-state index in [1.54, 1.807) is 0 Å². The summed E-state index contributed by atoms with van der Waals surface area (Å²) in [6.07, 6.45) is -1.13. The van der Waals surface area contributed by atoms with Crippen molar-refractivity contribution in [2.75, 3.05) is 29.9 Å². The van der Waals surface area contributed by atoms with Crippen molar-refractivity contribution in [3.8, 4) is 0 Å². The summed E-state index contributed by atoms with van der Waals surface area (Å²) in [5.74, 6) is -2.48. The Morgan fingerprint density at radius 3 is 2.72 bits per heavy atom. The lowest BCUT2D eigenvalue weighted by molar-refractivity contribution is -0.117. The first-order valence-electron chi connectivity index (χ1n) is 5.35. The standard InChI is InChI=1S/C11H12F2N2O3/c12-7-1-9-10(2-8(7)13)15(4-6(17)5-16)11(18)3-14-9/h1-2,6,14,16-17H,3-5H2. The van der Waals surface area contributed by atoms with E-state index >= 15 is 0 Å². The van der Waals surface area contributed by atoms with Crippen molar-refractivity contribution in [3.05, 3.63) is 23.8 Å². The average Bonchev–Trinajstić information content (AvgIpc) is 2.35. The maximum atomic E-state index is 13.2. The van der Waals surface area contributed by atoms with E-state index in [0.717, 1.165) is 17.0 Å². The van der Waals surface area contributed by atoms with Crippen LogP contribution >= 0.6 is 0 Å². The molecule has 1 heterocycles. The third kappa shape index (κ3) is 2.27. The lowest BCUT2D eigenvalue weighted by Crippen LogP contribution is -2.44. The molecule has 0 spiro atoms. The number of hydrogen-bond acceptors (Lipinski definition) is 4. The number of halogens is 2. The Kier molecular flexibility index (Phi) is 3.44. The van der Waals surface area contributed by atoms with Gasteiger partial charge in [-0.1, -0.05) is 0 Å². The van der Waals surface area contributed by atoms with Gasteiger partial charge in [-0.3, -0.25) is 4.79 Å². The molecule has 5 nitrogen and oxygen atoms in total. The molecule has 0 radical (unpaired) electrons. The Morgan fingerprint density at radius 2 is 2.06 bits per heavy atom. The first-order valence-corrected chi connectivity index (χ1v) is 5.35. The third-order valence-corrected chi connectivity index (χ3v) is 2.66. The van der Waals surface area contributed by atoms with Crippen LogP contribution < -0.4 is 10.2 Å². The van der Waals surface area contributed by atoms with Gasteiger partial charge in [0.15, 0.2) is 11.6 Å². The summed E-state index contributed by atoms with van der Waals surface area (Å²) in [6.45, 7) is -0.762. The zero-order valence-electron chi connectivity index (χ0n) is 9.36. The van der Waals surface area contributed by atoms with Crippen molar-refractivity contribution in [2.45, 2.75) is 6.10 Å². The molecule has 98 valence electrons. The molecule has 0 aromatic heterocycles. The molecule has 1 atom stereocenters. The van der Waals surface area contributed by atoms with E-state index in [1.165, 1.54) is 0 Å². The van der Waals surface area contributed by atoms with E-state index in [4.69, 9.17) is 5.11 Å². The quantitative estimate of drug-likeness (QED) is 0.717. The van der Waals surface area contributed by atoms with Crippen LogP contribution in [0.2, 0.25) is 0 Å². The van der Waals surface area contributed by atoms with Gasteiger partial charge in [-0.15, -0.1) is 0 Å². The fraction of sp³-hybridized carbons (Fsp3) is 0.364. The highest BCUT2D eigenvalue weighted by Gasteiger charge is 2.27. The highest BCUT2D eigenvalue weighted by molar-refractivity contribution is 6.02. The number of benzene rings is 1. The maximum Gasteiger partial charge on any atom is 0.246 e. The van der Waals surface area contributed by atoms with Gasteiger partial charge in [-0.05, 0) is 0 Å². The second-order valence-corrected chi connectivity index (χ2v) is 3.98. The van der Waals surface area contributed by atoms with Gasteiger partial charge in [-0.25, -0.2) is 8.78 Å². The summed E-state index contributed by atoms with van der Waals surface area (Å²) in [5, 5.41) is 20.8. The minimum absolute atomic E-state index is 0.0732. The summed E-state index contributed by atoms with van der Waals surface area (Å²) in [6, 6.07) is 1.84. The van der Waals surface area contributed by atoms with Crippen LogP contribution in [0.3, 0.4) is 0 Å². The molecular weight excluding hydrogens is 246 g/mol. The molecule has 0 saturated carbocycles. The van der Waals surface area contributed by atoms with Gasteiger partial charge >= 0.3 is 0 Å². The predicted octanol–water partition coefficient (Wildman–Crippen LogP) is 0.0765. The van der Waals surface area contributed by atoms with Gasteiger partial charge in [0.25, 0.3) is 0 Å². The molecule has 0 saturated heterocycles. The van der Waals surface area contributed by atoms with E-state index in [-0.39, 0.29) is 30.4 Å². The zero-order valence-corrected chi connectivity index (χ0v) is 9.36. The van der Waals surface area contributed by atoms with Crippen LogP contribution in [0.4, 0.5) is 20.2 Å². The Hall–Kier alpha value is -1.73. The summed E-state index contributed by atoms with van der Waals surface area (Å²) in [4.78, 5) is 12.8. The Bertz CT molecular complexity index is 482. The molecule has 1 aromatic carbocycles. The summed E-state index contributed by atoms with van der Waals surface area (Å²) in [5.41, 5.74) is 0.427. The molecule has 0 aliphatic carbocycles. The van der Waals surface area contributed by atoms with E-state index in [9.17, 15) is 18.7 Å². The first-order chi connectivity index (χ1) is 8.52. The number of fused-ring (bicyclic) bond motifs is 1. The molecular formula is C11H12F2N2O3. The molecule has 1 aromatic rings. The number of rotatable bonds is 3. The first kappa shape index (κ1) is 12.7. The lowest BCUT2D eigenvalue weighted by atomic mass is 10.1.